The summed E-state index contributed by atoms with van der Waals surface area (Å²) in [5.74, 6) is 0.524. The van der Waals surface area contributed by atoms with Gasteiger partial charge in [0, 0.05) is 40.1 Å². The van der Waals surface area contributed by atoms with Crippen LogP contribution in [0.1, 0.15) is 44.5 Å². The van der Waals surface area contributed by atoms with E-state index in [-0.39, 0.29) is 5.91 Å². The van der Waals surface area contributed by atoms with Gasteiger partial charge in [-0.3, -0.25) is 13.9 Å². The SMILES string of the molecule is CCN(CC)C(CNC(=O)c1ccc(S(C)=O)cc1)CC(C)C. The summed E-state index contributed by atoms with van der Waals surface area (Å²) in [6, 6.07) is 7.33. The van der Waals surface area contributed by atoms with Gasteiger partial charge >= 0.3 is 0 Å². The predicted octanol–water partition coefficient (Wildman–Crippen LogP) is 2.91. The van der Waals surface area contributed by atoms with E-state index in [4.69, 9.17) is 0 Å². The van der Waals surface area contributed by atoms with Crippen LogP contribution in [0.2, 0.25) is 0 Å². The normalized spacial score (nSPS) is 14.0. The highest BCUT2D eigenvalue weighted by molar-refractivity contribution is 7.84. The zero-order chi connectivity index (χ0) is 17.4. The van der Waals surface area contributed by atoms with Gasteiger partial charge in [-0.15, -0.1) is 0 Å². The minimum absolute atomic E-state index is 0.0700. The molecule has 2 atom stereocenters. The van der Waals surface area contributed by atoms with Crippen molar-refractivity contribution in [3.63, 3.8) is 0 Å². The summed E-state index contributed by atoms with van der Waals surface area (Å²) in [6.07, 6.45) is 2.70. The van der Waals surface area contributed by atoms with Gasteiger partial charge in [-0.1, -0.05) is 27.7 Å². The second-order valence-corrected chi connectivity index (χ2v) is 7.57. The van der Waals surface area contributed by atoms with Crippen LogP contribution >= 0.6 is 0 Å². The summed E-state index contributed by atoms with van der Waals surface area (Å²) in [7, 11) is -1.02. The van der Waals surface area contributed by atoms with Crippen LogP contribution < -0.4 is 5.32 Å². The number of hydrogen-bond acceptors (Lipinski definition) is 3. The third-order valence-electron chi connectivity index (χ3n) is 4.02. The zero-order valence-electron chi connectivity index (χ0n) is 15.0. The third kappa shape index (κ3) is 6.43. The summed E-state index contributed by atoms with van der Waals surface area (Å²) in [5, 5.41) is 3.05. The molecular weight excluding hydrogens is 308 g/mol. The van der Waals surface area contributed by atoms with E-state index in [9.17, 15) is 9.00 Å². The molecule has 2 unspecified atom stereocenters. The Morgan fingerprint density at radius 1 is 1.17 bits per heavy atom. The van der Waals surface area contributed by atoms with Gasteiger partial charge in [0.25, 0.3) is 5.91 Å². The van der Waals surface area contributed by atoms with Gasteiger partial charge in [-0.25, -0.2) is 0 Å². The van der Waals surface area contributed by atoms with E-state index < -0.39 is 10.8 Å². The van der Waals surface area contributed by atoms with Crippen molar-refractivity contribution in [3.05, 3.63) is 29.8 Å². The number of hydrogen-bond donors (Lipinski definition) is 1. The lowest BCUT2D eigenvalue weighted by Crippen LogP contribution is -2.44. The van der Waals surface area contributed by atoms with Crippen molar-refractivity contribution in [3.8, 4) is 0 Å². The second-order valence-electron chi connectivity index (χ2n) is 6.19. The highest BCUT2D eigenvalue weighted by Crippen LogP contribution is 2.12. The molecule has 23 heavy (non-hydrogen) atoms. The van der Waals surface area contributed by atoms with E-state index in [0.717, 1.165) is 24.4 Å². The first-order valence-corrected chi connectivity index (χ1v) is 9.90. The van der Waals surface area contributed by atoms with Crippen molar-refractivity contribution >= 4 is 16.7 Å². The lowest BCUT2D eigenvalue weighted by molar-refractivity contribution is 0.0929. The maximum Gasteiger partial charge on any atom is 0.251 e. The quantitative estimate of drug-likeness (QED) is 0.753. The van der Waals surface area contributed by atoms with Crippen molar-refractivity contribution in [2.75, 3.05) is 25.9 Å². The molecule has 0 heterocycles. The summed E-state index contributed by atoms with van der Waals surface area (Å²) < 4.78 is 11.4. The molecule has 1 aromatic carbocycles. The van der Waals surface area contributed by atoms with E-state index in [1.54, 1.807) is 30.5 Å². The van der Waals surface area contributed by atoms with Crippen LogP contribution in [-0.2, 0) is 10.8 Å². The maximum absolute atomic E-state index is 12.3. The molecule has 1 aromatic rings. The lowest BCUT2D eigenvalue weighted by atomic mass is 10.0. The highest BCUT2D eigenvalue weighted by atomic mass is 32.2. The Balaban J connectivity index is 2.68. The largest absolute Gasteiger partial charge is 0.350 e. The number of rotatable bonds is 9. The van der Waals surface area contributed by atoms with Gasteiger partial charge in [-0.2, -0.15) is 0 Å². The van der Waals surface area contributed by atoms with E-state index in [1.807, 2.05) is 0 Å². The fourth-order valence-electron chi connectivity index (χ4n) is 2.76. The first-order chi connectivity index (χ1) is 10.9. The van der Waals surface area contributed by atoms with Crippen molar-refractivity contribution in [1.82, 2.24) is 10.2 Å². The van der Waals surface area contributed by atoms with Crippen molar-refractivity contribution in [2.45, 2.75) is 45.1 Å². The van der Waals surface area contributed by atoms with Crippen LogP contribution in [0.3, 0.4) is 0 Å². The summed E-state index contributed by atoms with van der Waals surface area (Å²) in [4.78, 5) is 15.4. The molecule has 0 bridgehead atoms. The fraction of sp³-hybridized carbons (Fsp3) is 0.611. The molecule has 0 aliphatic carbocycles. The first-order valence-electron chi connectivity index (χ1n) is 8.34. The Labute approximate surface area is 143 Å². The molecule has 0 aromatic heterocycles. The molecule has 0 saturated heterocycles. The number of benzene rings is 1. The van der Waals surface area contributed by atoms with E-state index in [1.165, 1.54) is 0 Å². The maximum atomic E-state index is 12.3. The fourth-order valence-corrected chi connectivity index (χ4v) is 3.28. The van der Waals surface area contributed by atoms with E-state index >= 15 is 0 Å². The van der Waals surface area contributed by atoms with Gasteiger partial charge in [0.05, 0.1) is 0 Å². The molecule has 0 fully saturated rings. The molecule has 0 aliphatic rings. The van der Waals surface area contributed by atoms with Crippen molar-refractivity contribution in [1.29, 1.82) is 0 Å². The van der Waals surface area contributed by atoms with Gasteiger partial charge in [0.2, 0.25) is 0 Å². The van der Waals surface area contributed by atoms with Crippen LogP contribution in [0.15, 0.2) is 29.2 Å². The number of carbonyl (C=O) groups is 1. The number of carbonyl (C=O) groups excluding carboxylic acids is 1. The van der Waals surface area contributed by atoms with Crippen LogP contribution in [0.25, 0.3) is 0 Å². The van der Waals surface area contributed by atoms with Crippen molar-refractivity contribution < 1.29 is 9.00 Å². The van der Waals surface area contributed by atoms with Gasteiger partial charge in [-0.05, 0) is 49.7 Å². The molecule has 0 spiro atoms. The highest BCUT2D eigenvalue weighted by Gasteiger charge is 2.18. The predicted molar refractivity (Wildman–Crippen MR) is 97.3 cm³/mol. The monoisotopic (exact) mass is 338 g/mol. The first kappa shape index (κ1) is 19.8. The van der Waals surface area contributed by atoms with Gasteiger partial charge in [0.1, 0.15) is 0 Å². The minimum Gasteiger partial charge on any atom is -0.350 e. The van der Waals surface area contributed by atoms with E-state index in [2.05, 4.69) is 37.9 Å². The lowest BCUT2D eigenvalue weighted by Gasteiger charge is -2.31. The van der Waals surface area contributed by atoms with Crippen LogP contribution in [0, 0.1) is 5.92 Å². The molecule has 0 radical (unpaired) electrons. The Hall–Kier alpha value is -1.20. The smallest absolute Gasteiger partial charge is 0.251 e. The molecule has 4 nitrogen and oxygen atoms in total. The molecule has 0 aliphatic heterocycles. The Kier molecular flexibility index (Phi) is 8.48. The molecule has 130 valence electrons. The summed E-state index contributed by atoms with van der Waals surface area (Å²) in [5.41, 5.74) is 0.613. The molecule has 0 saturated carbocycles. The number of likely N-dealkylation sites (N-methyl/N-ethyl adjacent to an activating group) is 1. The van der Waals surface area contributed by atoms with Crippen LogP contribution in [-0.4, -0.2) is 46.9 Å². The second kappa shape index (κ2) is 9.83. The minimum atomic E-state index is -1.02. The third-order valence-corrected chi connectivity index (χ3v) is 4.95. The van der Waals surface area contributed by atoms with Crippen LogP contribution in [0.5, 0.6) is 0 Å². The van der Waals surface area contributed by atoms with Crippen LogP contribution in [0.4, 0.5) is 0 Å². The molecular formula is C18H30N2O2S. The number of nitrogens with one attached hydrogen (secondary N) is 1. The Morgan fingerprint density at radius 3 is 2.17 bits per heavy atom. The topological polar surface area (TPSA) is 49.4 Å². The number of amides is 1. The average Bonchev–Trinajstić information content (AvgIpc) is 2.52. The zero-order valence-corrected chi connectivity index (χ0v) is 15.8. The average molecular weight is 339 g/mol. The Bertz CT molecular complexity index is 510. The van der Waals surface area contributed by atoms with Crippen molar-refractivity contribution in [2.24, 2.45) is 5.92 Å². The molecule has 1 rings (SSSR count). The molecule has 1 N–H and O–H groups in total. The standard InChI is InChI=1S/C18H30N2O2S/c1-6-20(7-2)16(12-14(3)4)13-19-18(21)15-8-10-17(11-9-15)23(5)22/h8-11,14,16H,6-7,12-13H2,1-5H3,(H,19,21). The Morgan fingerprint density at radius 2 is 1.74 bits per heavy atom. The molecule has 1 amide bonds. The molecule has 5 heteroatoms. The van der Waals surface area contributed by atoms with E-state index in [0.29, 0.717) is 24.1 Å². The van der Waals surface area contributed by atoms with Gasteiger partial charge in [0.15, 0.2) is 0 Å². The number of nitrogens with zero attached hydrogens (tertiary/aromatic N) is 1. The summed E-state index contributed by atoms with van der Waals surface area (Å²) >= 11 is 0. The van der Waals surface area contributed by atoms with Gasteiger partial charge < -0.3 is 5.32 Å². The summed E-state index contributed by atoms with van der Waals surface area (Å²) in [6.45, 7) is 11.4.